The molecular weight excluding hydrogens is 214 g/mol. The minimum absolute atomic E-state index is 0.140. The van der Waals surface area contributed by atoms with Gasteiger partial charge in [0.15, 0.2) is 0 Å². The normalized spacial score (nSPS) is 10.7. The summed E-state index contributed by atoms with van der Waals surface area (Å²) >= 11 is 1.24. The van der Waals surface area contributed by atoms with E-state index in [0.717, 1.165) is 12.8 Å². The van der Waals surface area contributed by atoms with E-state index in [-0.39, 0.29) is 5.91 Å². The van der Waals surface area contributed by atoms with Crippen LogP contribution in [0.25, 0.3) is 4.96 Å². The molecule has 0 saturated carbocycles. The molecule has 0 atom stereocenters. The zero-order chi connectivity index (χ0) is 10.7. The first-order valence-electron chi connectivity index (χ1n) is 4.76. The number of aromatic nitrogens is 4. The summed E-state index contributed by atoms with van der Waals surface area (Å²) in [6.45, 7) is 2.77. The molecule has 0 aliphatic rings. The third-order valence-electron chi connectivity index (χ3n) is 1.90. The van der Waals surface area contributed by atoms with Gasteiger partial charge in [-0.3, -0.25) is 4.79 Å². The first kappa shape index (κ1) is 10.0. The van der Waals surface area contributed by atoms with Gasteiger partial charge in [-0.15, -0.1) is 15.3 Å². The molecule has 0 aromatic carbocycles. The summed E-state index contributed by atoms with van der Waals surface area (Å²) in [5.74, 6) is -0.140. The lowest BCUT2D eigenvalue weighted by atomic mass is 10.3. The number of unbranched alkanes of at least 4 members (excludes halogenated alkanes) is 1. The Kier molecular flexibility index (Phi) is 2.91. The van der Waals surface area contributed by atoms with Crippen LogP contribution in [0, 0.1) is 0 Å². The zero-order valence-electron chi connectivity index (χ0n) is 8.30. The maximum atomic E-state index is 11.6. The minimum Gasteiger partial charge on any atom is -0.350 e. The van der Waals surface area contributed by atoms with Crippen LogP contribution in [0.15, 0.2) is 6.33 Å². The molecule has 0 bridgehead atoms. The zero-order valence-corrected chi connectivity index (χ0v) is 9.12. The van der Waals surface area contributed by atoms with Crippen LogP contribution in [-0.4, -0.2) is 32.3 Å². The lowest BCUT2D eigenvalue weighted by Gasteiger charge is -1.99. The van der Waals surface area contributed by atoms with Crippen molar-refractivity contribution < 1.29 is 4.79 Å². The smallest absolute Gasteiger partial charge is 0.282 e. The molecule has 2 rings (SSSR count). The Balaban J connectivity index is 2.04. The molecule has 1 amide bonds. The van der Waals surface area contributed by atoms with E-state index in [1.54, 1.807) is 0 Å². The molecule has 0 fully saturated rings. The van der Waals surface area contributed by atoms with Gasteiger partial charge in [0, 0.05) is 6.54 Å². The van der Waals surface area contributed by atoms with Crippen molar-refractivity contribution in [3.63, 3.8) is 0 Å². The minimum atomic E-state index is -0.140. The van der Waals surface area contributed by atoms with Gasteiger partial charge >= 0.3 is 0 Å². The van der Waals surface area contributed by atoms with Crippen molar-refractivity contribution in [3.05, 3.63) is 11.3 Å². The van der Waals surface area contributed by atoms with Crippen LogP contribution in [0.3, 0.4) is 0 Å². The summed E-state index contributed by atoms with van der Waals surface area (Å²) in [5, 5.41) is 14.7. The summed E-state index contributed by atoms with van der Waals surface area (Å²) < 4.78 is 1.50. The lowest BCUT2D eigenvalue weighted by molar-refractivity contribution is 0.0951. The topological polar surface area (TPSA) is 72.2 Å². The lowest BCUT2D eigenvalue weighted by Crippen LogP contribution is -2.24. The quantitative estimate of drug-likeness (QED) is 0.778. The van der Waals surface area contributed by atoms with Crippen molar-refractivity contribution in [1.82, 2.24) is 25.1 Å². The van der Waals surface area contributed by atoms with Crippen LogP contribution in [0.5, 0.6) is 0 Å². The number of carbonyl (C=O) groups is 1. The number of fused-ring (bicyclic) bond motifs is 1. The molecule has 2 aromatic heterocycles. The van der Waals surface area contributed by atoms with Crippen LogP contribution in [0.1, 0.15) is 29.6 Å². The van der Waals surface area contributed by atoms with E-state index in [1.165, 1.54) is 22.2 Å². The Hall–Kier alpha value is -1.50. The number of carbonyl (C=O) groups excluding carboxylic acids is 1. The van der Waals surface area contributed by atoms with Gasteiger partial charge in [-0.05, 0) is 6.42 Å². The molecule has 0 radical (unpaired) electrons. The molecule has 7 heteroatoms. The van der Waals surface area contributed by atoms with Gasteiger partial charge in [-0.2, -0.15) is 4.52 Å². The molecule has 2 heterocycles. The van der Waals surface area contributed by atoms with Gasteiger partial charge in [0.2, 0.25) is 9.97 Å². The van der Waals surface area contributed by atoms with Gasteiger partial charge in [0.05, 0.1) is 0 Å². The van der Waals surface area contributed by atoms with Crippen molar-refractivity contribution in [2.45, 2.75) is 19.8 Å². The van der Waals surface area contributed by atoms with E-state index in [9.17, 15) is 4.79 Å². The Bertz CT molecular complexity index is 434. The Morgan fingerprint density at radius 2 is 2.53 bits per heavy atom. The molecule has 0 aliphatic heterocycles. The van der Waals surface area contributed by atoms with Crippen molar-refractivity contribution >= 4 is 22.2 Å². The van der Waals surface area contributed by atoms with Crippen LogP contribution in [0.2, 0.25) is 0 Å². The maximum absolute atomic E-state index is 11.6. The fraction of sp³-hybridized carbons (Fsp3) is 0.500. The standard InChI is InChI=1S/C8H11N5OS/c1-2-3-4-9-6(14)7-12-13-5-10-11-8(13)15-7/h5H,2-4H2,1H3,(H,9,14). The van der Waals surface area contributed by atoms with E-state index < -0.39 is 0 Å². The van der Waals surface area contributed by atoms with Gasteiger partial charge in [-0.1, -0.05) is 24.7 Å². The third kappa shape index (κ3) is 2.12. The summed E-state index contributed by atoms with van der Waals surface area (Å²) in [4.78, 5) is 12.2. The molecule has 15 heavy (non-hydrogen) atoms. The number of nitrogens with one attached hydrogen (secondary N) is 1. The predicted molar refractivity (Wildman–Crippen MR) is 55.9 cm³/mol. The average molecular weight is 225 g/mol. The van der Waals surface area contributed by atoms with Crippen molar-refractivity contribution in [1.29, 1.82) is 0 Å². The molecular formula is C8H11N5OS. The van der Waals surface area contributed by atoms with Crippen molar-refractivity contribution in [3.8, 4) is 0 Å². The van der Waals surface area contributed by atoms with E-state index >= 15 is 0 Å². The highest BCUT2D eigenvalue weighted by molar-refractivity contribution is 7.18. The molecule has 2 aromatic rings. The number of rotatable bonds is 4. The highest BCUT2D eigenvalue weighted by atomic mass is 32.1. The van der Waals surface area contributed by atoms with E-state index in [0.29, 0.717) is 16.5 Å². The highest BCUT2D eigenvalue weighted by Crippen LogP contribution is 2.10. The Morgan fingerprint density at radius 1 is 1.67 bits per heavy atom. The van der Waals surface area contributed by atoms with E-state index in [2.05, 4.69) is 27.5 Å². The van der Waals surface area contributed by atoms with Crippen molar-refractivity contribution in [2.24, 2.45) is 0 Å². The Morgan fingerprint density at radius 3 is 3.27 bits per heavy atom. The average Bonchev–Trinajstić information content (AvgIpc) is 2.76. The number of amides is 1. The van der Waals surface area contributed by atoms with Gasteiger partial charge < -0.3 is 5.32 Å². The fourth-order valence-electron chi connectivity index (χ4n) is 1.11. The predicted octanol–water partition coefficient (Wildman–Crippen LogP) is 0.716. The van der Waals surface area contributed by atoms with Crippen molar-refractivity contribution in [2.75, 3.05) is 6.54 Å². The summed E-state index contributed by atoms with van der Waals surface area (Å²) in [6, 6.07) is 0. The molecule has 6 nitrogen and oxygen atoms in total. The van der Waals surface area contributed by atoms with Gasteiger partial charge in [0.1, 0.15) is 6.33 Å². The SMILES string of the molecule is CCCCNC(=O)c1nn2cnnc2s1. The first-order valence-corrected chi connectivity index (χ1v) is 5.58. The highest BCUT2D eigenvalue weighted by Gasteiger charge is 2.12. The molecule has 0 unspecified atom stereocenters. The van der Waals surface area contributed by atoms with E-state index in [4.69, 9.17) is 0 Å². The number of nitrogens with zero attached hydrogens (tertiary/aromatic N) is 4. The maximum Gasteiger partial charge on any atom is 0.282 e. The van der Waals surface area contributed by atoms with Crippen LogP contribution in [-0.2, 0) is 0 Å². The molecule has 1 N–H and O–H groups in total. The molecule has 80 valence electrons. The van der Waals surface area contributed by atoms with Crippen LogP contribution >= 0.6 is 11.3 Å². The van der Waals surface area contributed by atoms with Gasteiger partial charge in [0.25, 0.3) is 5.91 Å². The molecule has 0 aliphatic carbocycles. The second-order valence-electron chi connectivity index (χ2n) is 3.07. The second-order valence-corrected chi connectivity index (χ2v) is 4.03. The summed E-state index contributed by atoms with van der Waals surface area (Å²) in [5.41, 5.74) is 0. The third-order valence-corrected chi connectivity index (χ3v) is 2.81. The summed E-state index contributed by atoms with van der Waals surface area (Å²) in [7, 11) is 0. The largest absolute Gasteiger partial charge is 0.350 e. The molecule has 0 spiro atoms. The van der Waals surface area contributed by atoms with Crippen LogP contribution < -0.4 is 5.32 Å². The number of hydrogen-bond acceptors (Lipinski definition) is 5. The Labute approximate surface area is 90.3 Å². The first-order chi connectivity index (χ1) is 7.31. The number of hydrogen-bond donors (Lipinski definition) is 1. The molecule has 0 saturated heterocycles. The fourth-order valence-corrected chi connectivity index (χ4v) is 1.84. The monoisotopic (exact) mass is 225 g/mol. The second kappa shape index (κ2) is 4.35. The van der Waals surface area contributed by atoms with Gasteiger partial charge in [-0.25, -0.2) is 0 Å². The summed E-state index contributed by atoms with van der Waals surface area (Å²) in [6.07, 6.45) is 3.52. The van der Waals surface area contributed by atoms with Crippen LogP contribution in [0.4, 0.5) is 0 Å². The van der Waals surface area contributed by atoms with E-state index in [1.807, 2.05) is 0 Å².